The summed E-state index contributed by atoms with van der Waals surface area (Å²) in [5.74, 6) is -0.543. The zero-order valence-electron chi connectivity index (χ0n) is 14.0. The Bertz CT molecular complexity index is 885. The molecule has 0 N–H and O–H groups in total. The topological polar surface area (TPSA) is 37.4 Å². The first-order chi connectivity index (χ1) is 12.3. The van der Waals surface area contributed by atoms with Crippen LogP contribution in [0.4, 0.5) is 18.9 Å². The zero-order valence-corrected chi connectivity index (χ0v) is 14.0. The van der Waals surface area contributed by atoms with Crippen LogP contribution in [0.5, 0.6) is 0 Å². The number of ketones is 1. The van der Waals surface area contributed by atoms with Crippen LogP contribution in [-0.2, 0) is 11.0 Å². The third kappa shape index (κ3) is 3.40. The number of benzene rings is 2. The van der Waals surface area contributed by atoms with E-state index in [0.29, 0.717) is 16.8 Å². The van der Waals surface area contributed by atoms with E-state index in [1.54, 1.807) is 37.3 Å². The van der Waals surface area contributed by atoms with Crippen molar-refractivity contribution in [2.75, 3.05) is 4.90 Å². The van der Waals surface area contributed by atoms with Crippen molar-refractivity contribution in [3.63, 3.8) is 0 Å². The number of anilines is 1. The maximum Gasteiger partial charge on any atom is 0.416 e. The van der Waals surface area contributed by atoms with Gasteiger partial charge in [-0.1, -0.05) is 36.4 Å². The Morgan fingerprint density at radius 2 is 1.69 bits per heavy atom. The summed E-state index contributed by atoms with van der Waals surface area (Å²) in [4.78, 5) is 26.3. The molecule has 2 aromatic rings. The number of amides is 1. The van der Waals surface area contributed by atoms with E-state index in [1.165, 1.54) is 17.0 Å². The molecule has 1 heterocycles. The van der Waals surface area contributed by atoms with Crippen molar-refractivity contribution in [3.8, 4) is 0 Å². The molecule has 3 nitrogen and oxygen atoms in total. The number of rotatable bonds is 3. The van der Waals surface area contributed by atoms with E-state index >= 15 is 0 Å². The average molecular weight is 359 g/mol. The lowest BCUT2D eigenvalue weighted by atomic mass is 9.93. The normalized spacial score (nSPS) is 15.4. The fourth-order valence-corrected chi connectivity index (χ4v) is 3.05. The molecule has 0 aliphatic carbocycles. The summed E-state index contributed by atoms with van der Waals surface area (Å²) in [6.07, 6.45) is -4.16. The quantitative estimate of drug-likeness (QED) is 0.724. The molecule has 1 aliphatic heterocycles. The maximum atomic E-state index is 13.0. The third-order valence-corrected chi connectivity index (χ3v) is 4.35. The number of hydrogen-bond acceptors (Lipinski definition) is 2. The van der Waals surface area contributed by atoms with Gasteiger partial charge in [-0.25, -0.2) is 0 Å². The van der Waals surface area contributed by atoms with Gasteiger partial charge >= 0.3 is 6.18 Å². The minimum absolute atomic E-state index is 0.0709. The van der Waals surface area contributed by atoms with Gasteiger partial charge in [0, 0.05) is 28.9 Å². The van der Waals surface area contributed by atoms with Crippen LogP contribution in [0.2, 0.25) is 0 Å². The van der Waals surface area contributed by atoms with Crippen LogP contribution in [0.3, 0.4) is 0 Å². The van der Waals surface area contributed by atoms with Gasteiger partial charge in [0.05, 0.1) is 5.56 Å². The summed E-state index contributed by atoms with van der Waals surface area (Å²) in [5.41, 5.74) is 0.570. The fraction of sp³-hybridized carbons (Fsp3) is 0.200. The van der Waals surface area contributed by atoms with Crippen molar-refractivity contribution in [3.05, 3.63) is 77.0 Å². The van der Waals surface area contributed by atoms with Crippen molar-refractivity contribution < 1.29 is 22.8 Å². The molecule has 3 rings (SSSR count). The van der Waals surface area contributed by atoms with Gasteiger partial charge in [0.15, 0.2) is 5.78 Å². The number of Topliss-reactive ketones (excluding diaryl/α,β-unsaturated/α-hetero) is 1. The molecule has 0 atom stereocenters. The fourth-order valence-electron chi connectivity index (χ4n) is 3.05. The van der Waals surface area contributed by atoms with E-state index in [0.717, 1.165) is 12.1 Å². The van der Waals surface area contributed by atoms with Gasteiger partial charge in [0.1, 0.15) is 0 Å². The molecule has 134 valence electrons. The Morgan fingerprint density at radius 3 is 2.35 bits per heavy atom. The van der Waals surface area contributed by atoms with Crippen LogP contribution >= 0.6 is 0 Å². The zero-order chi connectivity index (χ0) is 18.9. The molecule has 0 unspecified atom stereocenters. The van der Waals surface area contributed by atoms with Gasteiger partial charge in [-0.3, -0.25) is 14.5 Å². The predicted octanol–water partition coefficient (Wildman–Crippen LogP) is 4.99. The highest BCUT2D eigenvalue weighted by molar-refractivity contribution is 6.12. The van der Waals surface area contributed by atoms with Crippen molar-refractivity contribution in [2.45, 2.75) is 25.9 Å². The van der Waals surface area contributed by atoms with Crippen LogP contribution in [0.25, 0.3) is 0 Å². The first-order valence-electron chi connectivity index (χ1n) is 8.09. The van der Waals surface area contributed by atoms with Gasteiger partial charge in [0.25, 0.3) is 0 Å². The molecule has 6 heteroatoms. The number of allylic oxidation sites excluding steroid dienone is 2. The molecular formula is C20H16F3NO2. The van der Waals surface area contributed by atoms with Gasteiger partial charge in [0.2, 0.25) is 5.91 Å². The lowest BCUT2D eigenvalue weighted by Crippen LogP contribution is -2.35. The Kier molecular flexibility index (Phi) is 4.68. The van der Waals surface area contributed by atoms with Gasteiger partial charge in [-0.15, -0.1) is 0 Å². The second kappa shape index (κ2) is 6.78. The molecule has 0 fully saturated rings. The number of carbonyl (C=O) groups excluding carboxylic acids is 2. The SMILES string of the molecule is CC1=C(C(=O)c2ccccc2)CCC(=O)N1c1cccc(C(F)(F)F)c1. The van der Waals surface area contributed by atoms with E-state index in [1.807, 2.05) is 0 Å². The summed E-state index contributed by atoms with van der Waals surface area (Å²) in [6, 6.07) is 13.2. The van der Waals surface area contributed by atoms with Crippen molar-refractivity contribution in [2.24, 2.45) is 0 Å². The summed E-state index contributed by atoms with van der Waals surface area (Å²) < 4.78 is 39.0. The highest BCUT2D eigenvalue weighted by Gasteiger charge is 2.33. The van der Waals surface area contributed by atoms with E-state index < -0.39 is 11.7 Å². The minimum atomic E-state index is -4.50. The number of halogens is 3. The molecule has 0 radical (unpaired) electrons. The van der Waals surface area contributed by atoms with Gasteiger partial charge in [-0.2, -0.15) is 13.2 Å². The number of alkyl halides is 3. The Labute approximate surface area is 148 Å². The van der Waals surface area contributed by atoms with Crippen LogP contribution in [-0.4, -0.2) is 11.7 Å². The molecule has 1 aliphatic rings. The molecule has 2 aromatic carbocycles. The Balaban J connectivity index is 2.04. The monoisotopic (exact) mass is 359 g/mol. The van der Waals surface area contributed by atoms with E-state index in [-0.39, 0.29) is 30.2 Å². The summed E-state index contributed by atoms with van der Waals surface area (Å²) >= 11 is 0. The highest BCUT2D eigenvalue weighted by Crippen LogP contribution is 2.35. The van der Waals surface area contributed by atoms with Crippen LogP contribution in [0, 0.1) is 0 Å². The molecule has 0 saturated heterocycles. The second-order valence-electron chi connectivity index (χ2n) is 6.04. The predicted molar refractivity (Wildman–Crippen MR) is 91.6 cm³/mol. The maximum absolute atomic E-state index is 13.0. The summed E-state index contributed by atoms with van der Waals surface area (Å²) in [7, 11) is 0. The van der Waals surface area contributed by atoms with E-state index in [4.69, 9.17) is 0 Å². The van der Waals surface area contributed by atoms with E-state index in [9.17, 15) is 22.8 Å². The molecule has 0 bridgehead atoms. The lowest BCUT2D eigenvalue weighted by Gasteiger charge is -2.30. The van der Waals surface area contributed by atoms with Crippen molar-refractivity contribution >= 4 is 17.4 Å². The number of nitrogens with zero attached hydrogens (tertiary/aromatic N) is 1. The Hall–Kier alpha value is -2.89. The van der Waals surface area contributed by atoms with E-state index in [2.05, 4.69) is 0 Å². The minimum Gasteiger partial charge on any atom is -0.289 e. The van der Waals surface area contributed by atoms with Gasteiger partial charge in [-0.05, 0) is 31.5 Å². The summed E-state index contributed by atoms with van der Waals surface area (Å²) in [6.45, 7) is 1.59. The van der Waals surface area contributed by atoms with Crippen LogP contribution < -0.4 is 4.90 Å². The summed E-state index contributed by atoms with van der Waals surface area (Å²) in [5, 5.41) is 0. The molecule has 0 saturated carbocycles. The molecule has 0 aromatic heterocycles. The highest BCUT2D eigenvalue weighted by atomic mass is 19.4. The van der Waals surface area contributed by atoms with Gasteiger partial charge < -0.3 is 0 Å². The Morgan fingerprint density at radius 1 is 1.00 bits per heavy atom. The standard InChI is InChI=1S/C20H16F3NO2/c1-13-17(19(26)14-6-3-2-4-7-14)10-11-18(25)24(13)16-9-5-8-15(12-16)20(21,22)23/h2-9,12H,10-11H2,1H3. The third-order valence-electron chi connectivity index (χ3n) is 4.35. The largest absolute Gasteiger partial charge is 0.416 e. The second-order valence-corrected chi connectivity index (χ2v) is 6.04. The average Bonchev–Trinajstić information content (AvgIpc) is 2.62. The molecular weight excluding hydrogens is 343 g/mol. The molecule has 1 amide bonds. The van der Waals surface area contributed by atoms with Crippen molar-refractivity contribution in [1.29, 1.82) is 0 Å². The lowest BCUT2D eigenvalue weighted by molar-refractivity contribution is -0.137. The van der Waals surface area contributed by atoms with Crippen LogP contribution in [0.15, 0.2) is 65.9 Å². The first kappa shape index (κ1) is 17.9. The number of carbonyl (C=O) groups is 2. The smallest absolute Gasteiger partial charge is 0.289 e. The number of hydrogen-bond donors (Lipinski definition) is 0. The first-order valence-corrected chi connectivity index (χ1v) is 8.09. The molecule has 0 spiro atoms. The van der Waals surface area contributed by atoms with Crippen LogP contribution in [0.1, 0.15) is 35.7 Å². The molecule has 26 heavy (non-hydrogen) atoms. The van der Waals surface area contributed by atoms with Crippen molar-refractivity contribution in [1.82, 2.24) is 0 Å².